The lowest BCUT2D eigenvalue weighted by atomic mass is 10.1. The number of ether oxygens (including phenoxy) is 1. The molecule has 2 heterocycles. The molecule has 0 bridgehead atoms. The second-order valence-corrected chi connectivity index (χ2v) is 8.10. The summed E-state index contributed by atoms with van der Waals surface area (Å²) in [6.07, 6.45) is 0. The van der Waals surface area contributed by atoms with E-state index < -0.39 is 0 Å². The lowest BCUT2D eigenvalue weighted by molar-refractivity contribution is 0.101. The summed E-state index contributed by atoms with van der Waals surface area (Å²) in [7, 11) is 0. The summed E-state index contributed by atoms with van der Waals surface area (Å²) in [5.41, 5.74) is 5.04. The van der Waals surface area contributed by atoms with Crippen LogP contribution in [0.4, 0.5) is 5.13 Å². The van der Waals surface area contributed by atoms with Gasteiger partial charge in [-0.2, -0.15) is 0 Å². The number of amides is 1. The Labute approximate surface area is 172 Å². The van der Waals surface area contributed by atoms with E-state index in [0.29, 0.717) is 16.5 Å². The first-order valence-corrected chi connectivity index (χ1v) is 10.1. The van der Waals surface area contributed by atoms with Gasteiger partial charge in [0.1, 0.15) is 18.1 Å². The molecule has 0 aliphatic rings. The summed E-state index contributed by atoms with van der Waals surface area (Å²) in [6.45, 7) is 8.02. The SMILES string of the molecule is Cc1ccc(OCc2c(C(=O)Nc3nc4ccc(C)cc4s3)noc2C)c(C)c1. The Hall–Kier alpha value is -3.19. The van der Waals surface area contributed by atoms with Crippen LogP contribution in [0.1, 0.15) is 38.5 Å². The van der Waals surface area contributed by atoms with Crippen molar-refractivity contribution >= 4 is 32.6 Å². The van der Waals surface area contributed by atoms with E-state index in [4.69, 9.17) is 9.26 Å². The third kappa shape index (κ3) is 4.00. The summed E-state index contributed by atoms with van der Waals surface area (Å²) in [4.78, 5) is 17.3. The summed E-state index contributed by atoms with van der Waals surface area (Å²) < 4.78 is 12.2. The van der Waals surface area contributed by atoms with E-state index in [2.05, 4.69) is 21.5 Å². The van der Waals surface area contributed by atoms with Gasteiger partial charge in [0.25, 0.3) is 5.91 Å². The number of carbonyl (C=O) groups excluding carboxylic acids is 1. The number of fused-ring (bicyclic) bond motifs is 1. The molecule has 1 N–H and O–H groups in total. The molecule has 0 saturated carbocycles. The zero-order chi connectivity index (χ0) is 20.5. The van der Waals surface area contributed by atoms with Gasteiger partial charge in [0.15, 0.2) is 10.8 Å². The molecule has 2 aromatic heterocycles. The van der Waals surface area contributed by atoms with Crippen molar-refractivity contribution in [1.82, 2.24) is 10.1 Å². The molecule has 4 rings (SSSR count). The van der Waals surface area contributed by atoms with Gasteiger partial charge in [0.2, 0.25) is 0 Å². The summed E-state index contributed by atoms with van der Waals surface area (Å²) in [6, 6.07) is 12.0. The minimum atomic E-state index is -0.364. The van der Waals surface area contributed by atoms with E-state index in [1.54, 1.807) is 6.92 Å². The van der Waals surface area contributed by atoms with Crippen LogP contribution in [0.2, 0.25) is 0 Å². The Bertz CT molecular complexity index is 1210. The predicted molar refractivity (Wildman–Crippen MR) is 114 cm³/mol. The van der Waals surface area contributed by atoms with Crippen molar-refractivity contribution < 1.29 is 14.1 Å². The highest BCUT2D eigenvalue weighted by Gasteiger charge is 2.22. The number of hydrogen-bond acceptors (Lipinski definition) is 6. The van der Waals surface area contributed by atoms with Crippen molar-refractivity contribution in [3.05, 3.63) is 70.1 Å². The standard InChI is InChI=1S/C22H21N3O3S/c1-12-6-8-18(14(3)9-12)27-11-16-15(4)28-25-20(16)21(26)24-22-23-17-7-5-13(2)10-19(17)29-22/h5-10H,11H2,1-4H3,(H,23,24,26). The smallest absolute Gasteiger partial charge is 0.280 e. The second kappa shape index (κ2) is 7.67. The zero-order valence-corrected chi connectivity index (χ0v) is 17.5. The van der Waals surface area contributed by atoms with E-state index in [1.807, 2.05) is 51.1 Å². The van der Waals surface area contributed by atoms with Crippen molar-refractivity contribution in [2.24, 2.45) is 0 Å². The quantitative estimate of drug-likeness (QED) is 0.483. The molecule has 7 heteroatoms. The number of nitrogens with one attached hydrogen (secondary N) is 1. The molecule has 148 valence electrons. The first kappa shape index (κ1) is 19.1. The van der Waals surface area contributed by atoms with Gasteiger partial charge in [-0.15, -0.1) is 0 Å². The second-order valence-electron chi connectivity index (χ2n) is 7.07. The van der Waals surface area contributed by atoms with Gasteiger partial charge >= 0.3 is 0 Å². The maximum atomic E-state index is 12.8. The Morgan fingerprint density at radius 1 is 1.10 bits per heavy atom. The number of hydrogen-bond donors (Lipinski definition) is 1. The molecule has 1 amide bonds. The molecule has 29 heavy (non-hydrogen) atoms. The molecular formula is C22H21N3O3S. The Morgan fingerprint density at radius 3 is 2.66 bits per heavy atom. The van der Waals surface area contributed by atoms with Crippen molar-refractivity contribution in [3.8, 4) is 5.75 Å². The van der Waals surface area contributed by atoms with Crippen LogP contribution in [0, 0.1) is 27.7 Å². The number of carbonyl (C=O) groups is 1. The molecule has 4 aromatic rings. The van der Waals surface area contributed by atoms with Crippen molar-refractivity contribution in [2.75, 3.05) is 5.32 Å². The van der Waals surface area contributed by atoms with E-state index in [0.717, 1.165) is 27.1 Å². The van der Waals surface area contributed by atoms with Gasteiger partial charge in [0, 0.05) is 0 Å². The molecule has 0 atom stereocenters. The lowest BCUT2D eigenvalue weighted by Crippen LogP contribution is -2.15. The van der Waals surface area contributed by atoms with Crippen LogP contribution >= 0.6 is 11.3 Å². The van der Waals surface area contributed by atoms with Crippen LogP contribution in [-0.4, -0.2) is 16.0 Å². The van der Waals surface area contributed by atoms with E-state index in [-0.39, 0.29) is 18.2 Å². The third-order valence-corrected chi connectivity index (χ3v) is 5.60. The molecule has 0 aliphatic heterocycles. The number of benzene rings is 2. The number of nitrogens with zero attached hydrogens (tertiary/aromatic N) is 2. The van der Waals surface area contributed by atoms with Crippen LogP contribution in [0.5, 0.6) is 5.75 Å². The minimum Gasteiger partial charge on any atom is -0.488 e. The lowest BCUT2D eigenvalue weighted by Gasteiger charge is -2.10. The van der Waals surface area contributed by atoms with Gasteiger partial charge in [-0.3, -0.25) is 10.1 Å². The fraction of sp³-hybridized carbons (Fsp3) is 0.227. The van der Waals surface area contributed by atoms with Crippen molar-refractivity contribution in [1.29, 1.82) is 0 Å². The van der Waals surface area contributed by atoms with Gasteiger partial charge in [0.05, 0.1) is 15.8 Å². The zero-order valence-electron chi connectivity index (χ0n) is 16.7. The normalized spacial score (nSPS) is 11.0. The van der Waals surface area contributed by atoms with Crippen molar-refractivity contribution in [3.63, 3.8) is 0 Å². The van der Waals surface area contributed by atoms with Crippen LogP contribution in [0.3, 0.4) is 0 Å². The summed E-state index contributed by atoms with van der Waals surface area (Å²) >= 11 is 1.43. The van der Waals surface area contributed by atoms with Crippen LogP contribution in [0.25, 0.3) is 10.2 Å². The molecule has 0 saturated heterocycles. The highest BCUT2D eigenvalue weighted by atomic mass is 32.1. The summed E-state index contributed by atoms with van der Waals surface area (Å²) in [5, 5.41) is 7.29. The van der Waals surface area contributed by atoms with Crippen LogP contribution in [-0.2, 0) is 6.61 Å². The van der Waals surface area contributed by atoms with Gasteiger partial charge < -0.3 is 9.26 Å². The minimum absolute atomic E-state index is 0.195. The Balaban J connectivity index is 1.53. The van der Waals surface area contributed by atoms with Crippen LogP contribution in [0.15, 0.2) is 40.9 Å². The predicted octanol–water partition coefficient (Wildman–Crippen LogP) is 5.35. The molecule has 6 nitrogen and oxygen atoms in total. The number of thiazole rings is 1. The average Bonchev–Trinajstić information content (AvgIpc) is 3.23. The molecule has 0 fully saturated rings. The highest BCUT2D eigenvalue weighted by molar-refractivity contribution is 7.22. The maximum Gasteiger partial charge on any atom is 0.280 e. The molecular weight excluding hydrogens is 386 g/mol. The van der Waals surface area contributed by atoms with Gasteiger partial charge in [-0.05, 0) is 57.0 Å². The monoisotopic (exact) mass is 407 g/mol. The Morgan fingerprint density at radius 2 is 1.86 bits per heavy atom. The topological polar surface area (TPSA) is 77.2 Å². The summed E-state index contributed by atoms with van der Waals surface area (Å²) in [5.74, 6) is 0.959. The van der Waals surface area contributed by atoms with Gasteiger partial charge in [-0.25, -0.2) is 4.98 Å². The molecule has 0 radical (unpaired) electrons. The van der Waals surface area contributed by atoms with Crippen molar-refractivity contribution in [2.45, 2.75) is 34.3 Å². The van der Waals surface area contributed by atoms with Gasteiger partial charge in [-0.1, -0.05) is 40.3 Å². The number of aryl methyl sites for hydroxylation is 4. The van der Waals surface area contributed by atoms with E-state index >= 15 is 0 Å². The average molecular weight is 407 g/mol. The molecule has 0 unspecified atom stereocenters. The third-order valence-electron chi connectivity index (χ3n) is 4.67. The fourth-order valence-corrected chi connectivity index (χ4v) is 4.05. The number of aromatic nitrogens is 2. The van der Waals surface area contributed by atoms with E-state index in [1.165, 1.54) is 16.9 Å². The van der Waals surface area contributed by atoms with E-state index in [9.17, 15) is 4.79 Å². The molecule has 0 spiro atoms. The largest absolute Gasteiger partial charge is 0.488 e. The first-order chi connectivity index (χ1) is 13.9. The Kier molecular flexibility index (Phi) is 5.07. The number of rotatable bonds is 5. The highest BCUT2D eigenvalue weighted by Crippen LogP contribution is 2.28. The van der Waals surface area contributed by atoms with Crippen LogP contribution < -0.4 is 10.1 Å². The maximum absolute atomic E-state index is 12.8. The number of anilines is 1. The molecule has 0 aliphatic carbocycles. The first-order valence-electron chi connectivity index (χ1n) is 9.24. The molecule has 2 aromatic carbocycles. The fourth-order valence-electron chi connectivity index (χ4n) is 3.09.